The van der Waals surface area contributed by atoms with E-state index < -0.39 is 17.6 Å². The molecule has 6 heteroatoms. The molecule has 0 aliphatic carbocycles. The van der Waals surface area contributed by atoms with Crippen LogP contribution in [0.25, 0.3) is 11.0 Å². The molecule has 2 aromatic rings. The van der Waals surface area contributed by atoms with E-state index in [0.717, 1.165) is 10.9 Å². The predicted molar refractivity (Wildman–Crippen MR) is 69.6 cm³/mol. The van der Waals surface area contributed by atoms with Crippen LogP contribution in [0.4, 0.5) is 0 Å². The lowest BCUT2D eigenvalue weighted by molar-refractivity contribution is -0.127. The van der Waals surface area contributed by atoms with Gasteiger partial charge in [-0.05, 0) is 31.5 Å². The van der Waals surface area contributed by atoms with Gasteiger partial charge in [-0.15, -0.1) is 0 Å². The Labute approximate surface area is 109 Å². The second kappa shape index (κ2) is 5.11. The molecule has 6 nitrogen and oxygen atoms in total. The molecule has 19 heavy (non-hydrogen) atoms. The molecule has 1 heterocycles. The van der Waals surface area contributed by atoms with Gasteiger partial charge in [0, 0.05) is 17.5 Å². The lowest BCUT2D eigenvalue weighted by atomic mass is 10.1. The molecule has 0 spiro atoms. The molecule has 1 atom stereocenters. The van der Waals surface area contributed by atoms with Gasteiger partial charge in [0.25, 0.3) is 5.91 Å². The number of benzene rings is 1. The van der Waals surface area contributed by atoms with Crippen LogP contribution >= 0.6 is 0 Å². The van der Waals surface area contributed by atoms with Crippen molar-refractivity contribution in [2.75, 3.05) is 0 Å². The molecule has 0 unspecified atom stereocenters. The van der Waals surface area contributed by atoms with Crippen molar-refractivity contribution in [3.63, 3.8) is 0 Å². The van der Waals surface area contributed by atoms with Crippen molar-refractivity contribution in [3.05, 3.63) is 40.2 Å². The van der Waals surface area contributed by atoms with Crippen molar-refractivity contribution in [3.8, 4) is 5.75 Å². The highest BCUT2D eigenvalue weighted by molar-refractivity contribution is 5.82. The molecule has 1 aromatic carbocycles. The van der Waals surface area contributed by atoms with Crippen LogP contribution in [-0.4, -0.2) is 12.0 Å². The van der Waals surface area contributed by atoms with Crippen LogP contribution in [0, 0.1) is 6.92 Å². The molecular formula is C13H14N2O4. The lowest BCUT2D eigenvalue weighted by Gasteiger charge is -2.13. The molecule has 2 rings (SSSR count). The van der Waals surface area contributed by atoms with Crippen LogP contribution in [0.1, 0.15) is 12.5 Å². The standard InChI is InChI=1S/C13H14N2O4/c1-7-5-12(16)19-11-6-9(3-4-10(7)11)18-8(2)13(17)15-14/h3-6,8H,14H2,1-2H3,(H,15,17)/t8-/m0/s1. The fourth-order valence-electron chi connectivity index (χ4n) is 1.75. The molecule has 1 aromatic heterocycles. The number of hydrogen-bond acceptors (Lipinski definition) is 5. The van der Waals surface area contributed by atoms with E-state index in [9.17, 15) is 9.59 Å². The number of nitrogens with two attached hydrogens (primary N) is 1. The first kappa shape index (κ1) is 13.1. The van der Waals surface area contributed by atoms with E-state index in [2.05, 4.69) is 0 Å². The minimum atomic E-state index is -0.737. The average molecular weight is 262 g/mol. The summed E-state index contributed by atoms with van der Waals surface area (Å²) in [6.07, 6.45) is -0.737. The number of ether oxygens (including phenoxy) is 1. The maximum atomic E-state index is 11.3. The maximum Gasteiger partial charge on any atom is 0.336 e. The van der Waals surface area contributed by atoms with E-state index in [-0.39, 0.29) is 0 Å². The number of rotatable bonds is 3. The van der Waals surface area contributed by atoms with Crippen LogP contribution in [0.2, 0.25) is 0 Å². The van der Waals surface area contributed by atoms with Gasteiger partial charge in [0.2, 0.25) is 0 Å². The summed E-state index contributed by atoms with van der Waals surface area (Å²) in [4.78, 5) is 22.6. The van der Waals surface area contributed by atoms with Gasteiger partial charge in [0.1, 0.15) is 11.3 Å². The monoisotopic (exact) mass is 262 g/mol. The second-order valence-electron chi connectivity index (χ2n) is 4.18. The fraction of sp³-hybridized carbons (Fsp3) is 0.231. The molecule has 0 fully saturated rings. The van der Waals surface area contributed by atoms with Crippen LogP contribution in [0.3, 0.4) is 0 Å². The minimum Gasteiger partial charge on any atom is -0.481 e. The van der Waals surface area contributed by atoms with Crippen LogP contribution in [0.5, 0.6) is 5.75 Å². The van der Waals surface area contributed by atoms with Gasteiger partial charge in [0.15, 0.2) is 6.10 Å². The largest absolute Gasteiger partial charge is 0.481 e. The number of hydrogen-bond donors (Lipinski definition) is 2. The molecular weight excluding hydrogens is 248 g/mol. The summed E-state index contributed by atoms with van der Waals surface area (Å²) in [5.41, 5.74) is 2.83. The fourth-order valence-corrected chi connectivity index (χ4v) is 1.75. The zero-order valence-electron chi connectivity index (χ0n) is 10.6. The van der Waals surface area contributed by atoms with Crippen molar-refractivity contribution < 1.29 is 13.9 Å². The van der Waals surface area contributed by atoms with Gasteiger partial charge in [-0.25, -0.2) is 10.6 Å². The Morgan fingerprint density at radius 3 is 2.84 bits per heavy atom. The van der Waals surface area contributed by atoms with E-state index in [1.54, 1.807) is 25.1 Å². The Morgan fingerprint density at radius 1 is 1.42 bits per heavy atom. The highest BCUT2D eigenvalue weighted by Gasteiger charge is 2.13. The first-order valence-corrected chi connectivity index (χ1v) is 5.73. The molecule has 0 radical (unpaired) electrons. The Morgan fingerprint density at radius 2 is 2.16 bits per heavy atom. The molecule has 100 valence electrons. The summed E-state index contributed by atoms with van der Waals surface area (Å²) in [5, 5.41) is 0.822. The number of fused-ring (bicyclic) bond motifs is 1. The number of aryl methyl sites for hydroxylation is 1. The molecule has 3 N–H and O–H groups in total. The van der Waals surface area contributed by atoms with Gasteiger partial charge in [-0.2, -0.15) is 0 Å². The minimum absolute atomic E-state index is 0.419. The summed E-state index contributed by atoms with van der Waals surface area (Å²) in [7, 11) is 0. The smallest absolute Gasteiger partial charge is 0.336 e. The third kappa shape index (κ3) is 2.74. The first-order valence-electron chi connectivity index (χ1n) is 5.73. The third-order valence-electron chi connectivity index (χ3n) is 2.75. The van der Waals surface area contributed by atoms with Crippen molar-refractivity contribution in [1.82, 2.24) is 5.43 Å². The zero-order chi connectivity index (χ0) is 14.0. The molecule has 0 aliphatic heterocycles. The number of nitrogens with one attached hydrogen (secondary N) is 1. The summed E-state index contributed by atoms with van der Waals surface area (Å²) in [6.45, 7) is 3.39. The van der Waals surface area contributed by atoms with Gasteiger partial charge in [-0.3, -0.25) is 10.2 Å². The SMILES string of the molecule is Cc1cc(=O)oc2cc(O[C@@H](C)C(=O)NN)ccc12. The Kier molecular flexibility index (Phi) is 3.52. The van der Waals surface area contributed by atoms with Crippen molar-refractivity contribution in [2.45, 2.75) is 20.0 Å². The normalized spacial score (nSPS) is 12.2. The van der Waals surface area contributed by atoms with Gasteiger partial charge in [-0.1, -0.05) is 0 Å². The van der Waals surface area contributed by atoms with E-state index in [1.807, 2.05) is 12.3 Å². The summed E-state index contributed by atoms with van der Waals surface area (Å²) < 4.78 is 10.5. The Hall–Kier alpha value is -2.34. The Balaban J connectivity index is 2.36. The maximum absolute atomic E-state index is 11.3. The second-order valence-corrected chi connectivity index (χ2v) is 4.18. The van der Waals surface area contributed by atoms with E-state index in [0.29, 0.717) is 11.3 Å². The first-order chi connectivity index (χ1) is 9.01. The molecule has 0 saturated carbocycles. The molecule has 0 bridgehead atoms. The number of carbonyl (C=O) groups is 1. The third-order valence-corrected chi connectivity index (χ3v) is 2.75. The average Bonchev–Trinajstić information content (AvgIpc) is 2.36. The van der Waals surface area contributed by atoms with Crippen molar-refractivity contribution in [1.29, 1.82) is 0 Å². The van der Waals surface area contributed by atoms with E-state index in [4.69, 9.17) is 15.0 Å². The number of carbonyl (C=O) groups excluding carboxylic acids is 1. The van der Waals surface area contributed by atoms with Gasteiger partial charge >= 0.3 is 5.63 Å². The summed E-state index contributed by atoms with van der Waals surface area (Å²) in [6, 6.07) is 6.48. The highest BCUT2D eigenvalue weighted by atomic mass is 16.5. The molecule has 1 amide bonds. The lowest BCUT2D eigenvalue weighted by Crippen LogP contribution is -2.40. The zero-order valence-corrected chi connectivity index (χ0v) is 10.6. The summed E-state index contributed by atoms with van der Waals surface area (Å²) >= 11 is 0. The van der Waals surface area contributed by atoms with E-state index in [1.165, 1.54) is 6.07 Å². The van der Waals surface area contributed by atoms with E-state index >= 15 is 0 Å². The molecule has 0 saturated heterocycles. The van der Waals surface area contributed by atoms with Crippen LogP contribution in [-0.2, 0) is 4.79 Å². The van der Waals surface area contributed by atoms with Crippen LogP contribution in [0.15, 0.2) is 33.5 Å². The van der Waals surface area contributed by atoms with Crippen molar-refractivity contribution in [2.24, 2.45) is 5.84 Å². The highest BCUT2D eigenvalue weighted by Crippen LogP contribution is 2.22. The Bertz CT molecular complexity index is 678. The molecule has 0 aliphatic rings. The number of amides is 1. The van der Waals surface area contributed by atoms with Gasteiger partial charge in [0.05, 0.1) is 0 Å². The predicted octanol–water partition coefficient (Wildman–Crippen LogP) is 0.859. The van der Waals surface area contributed by atoms with Crippen molar-refractivity contribution >= 4 is 16.9 Å². The van der Waals surface area contributed by atoms with Crippen LogP contribution < -0.4 is 21.6 Å². The quantitative estimate of drug-likeness (QED) is 0.370. The summed E-state index contributed by atoms with van der Waals surface area (Å²) in [5.74, 6) is 5.01. The number of hydrazine groups is 1. The topological polar surface area (TPSA) is 94.6 Å². The van der Waals surface area contributed by atoms with Gasteiger partial charge < -0.3 is 9.15 Å².